The van der Waals surface area contributed by atoms with Crippen molar-refractivity contribution in [3.8, 4) is 5.75 Å². The van der Waals surface area contributed by atoms with Crippen molar-refractivity contribution in [2.45, 2.75) is 70.4 Å². The topological polar surface area (TPSA) is 126 Å². The summed E-state index contributed by atoms with van der Waals surface area (Å²) in [5.74, 6) is -4.45. The van der Waals surface area contributed by atoms with E-state index >= 15 is 0 Å². The zero-order valence-corrected chi connectivity index (χ0v) is 24.2. The van der Waals surface area contributed by atoms with E-state index in [0.29, 0.717) is 18.7 Å². The number of aliphatic carboxylic acids is 2. The number of nitrogens with zero attached hydrogens (tertiary/aromatic N) is 2. The highest BCUT2D eigenvalue weighted by molar-refractivity contribution is 6.27. The van der Waals surface area contributed by atoms with Crippen LogP contribution in [0.5, 0.6) is 5.75 Å². The summed E-state index contributed by atoms with van der Waals surface area (Å²) in [7, 11) is 0. The number of hydrogen-bond acceptors (Lipinski definition) is 7. The van der Waals surface area contributed by atoms with Crippen LogP contribution in [0.2, 0.25) is 0 Å². The lowest BCUT2D eigenvalue weighted by molar-refractivity contribution is -0.274. The maximum atomic E-state index is 13.4. The van der Waals surface area contributed by atoms with E-state index in [2.05, 4.69) is 16.6 Å². The summed E-state index contributed by atoms with van der Waals surface area (Å²) in [6.07, 6.45) is -1.43. The molecule has 2 aromatic rings. The molecule has 2 fully saturated rings. The lowest BCUT2D eigenvalue weighted by Gasteiger charge is -2.39. The highest BCUT2D eigenvalue weighted by atomic mass is 19.4. The third-order valence-corrected chi connectivity index (χ3v) is 7.17. The first-order chi connectivity index (χ1) is 20.8. The number of amides is 1. The number of ether oxygens (including phenoxy) is 3. The highest BCUT2D eigenvalue weighted by Crippen LogP contribution is 2.25. The fraction of sp³-hybridized carbons (Fsp3) is 0.500. The van der Waals surface area contributed by atoms with Gasteiger partial charge in [-0.25, -0.2) is 14.0 Å². The molecule has 0 aliphatic carbocycles. The van der Waals surface area contributed by atoms with Crippen molar-refractivity contribution in [3.63, 3.8) is 0 Å². The van der Waals surface area contributed by atoms with Crippen LogP contribution in [0.4, 0.5) is 17.6 Å². The molecule has 1 amide bonds. The molecule has 4 rings (SSSR count). The van der Waals surface area contributed by atoms with Crippen molar-refractivity contribution in [3.05, 3.63) is 65.5 Å². The van der Waals surface area contributed by atoms with Crippen LogP contribution in [0, 0.1) is 5.82 Å². The predicted molar refractivity (Wildman–Crippen MR) is 148 cm³/mol. The smallest absolute Gasteiger partial charge is 0.473 e. The number of carbonyl (C=O) groups excluding carboxylic acids is 1. The Balaban J connectivity index is 0.000000801. The molecule has 2 N–H and O–H groups in total. The minimum atomic E-state index is -4.77. The standard InChI is InChI=1S/C28H34F4N2O4.C2H2O4/c1-20-13-17-36-27(37-20)12-16-33-14-10-24(11-15-33)34(19-22-2-6-23(29)7-3-22)26(35)18-21-4-8-25(9-5-21)38-28(30,31)32;3-1(4)2(5)6/h2-9,20,24,27H,10-19H2,1H3;(H,3,4)(H,5,6)/t20-,27?;/m0./s1. The zero-order chi connectivity index (χ0) is 32.3. The molecule has 2 aliphatic heterocycles. The van der Waals surface area contributed by atoms with Crippen LogP contribution >= 0.6 is 0 Å². The molecule has 2 saturated heterocycles. The van der Waals surface area contributed by atoms with Crippen molar-refractivity contribution in [2.75, 3.05) is 26.2 Å². The molecule has 2 atom stereocenters. The van der Waals surface area contributed by atoms with E-state index in [0.717, 1.165) is 50.9 Å². The molecule has 0 radical (unpaired) electrons. The van der Waals surface area contributed by atoms with Gasteiger partial charge in [0.2, 0.25) is 5.91 Å². The second-order valence-electron chi connectivity index (χ2n) is 10.5. The van der Waals surface area contributed by atoms with Crippen LogP contribution in [0.1, 0.15) is 43.7 Å². The summed E-state index contributed by atoms with van der Waals surface area (Å²) in [5, 5.41) is 14.8. The monoisotopic (exact) mass is 628 g/mol. The largest absolute Gasteiger partial charge is 0.573 e. The van der Waals surface area contributed by atoms with E-state index in [1.807, 2.05) is 4.90 Å². The Bertz CT molecular complexity index is 1210. The molecule has 2 aromatic carbocycles. The van der Waals surface area contributed by atoms with Crippen molar-refractivity contribution in [2.24, 2.45) is 0 Å². The third-order valence-electron chi connectivity index (χ3n) is 7.17. The van der Waals surface area contributed by atoms with E-state index in [9.17, 15) is 22.4 Å². The van der Waals surface area contributed by atoms with Gasteiger partial charge in [0.15, 0.2) is 6.29 Å². The van der Waals surface area contributed by atoms with E-state index in [4.69, 9.17) is 29.3 Å². The van der Waals surface area contributed by atoms with Crippen LogP contribution in [-0.4, -0.2) is 88.9 Å². The SMILES string of the molecule is C[C@H]1CCOC(CCN2CCC(N(Cc3ccc(F)cc3)C(=O)Cc3ccc(OC(F)(F)F)cc3)CC2)O1.O=C(O)C(=O)O. The average Bonchev–Trinajstić information content (AvgIpc) is 2.97. The minimum Gasteiger partial charge on any atom is -0.473 e. The Morgan fingerprint density at radius 2 is 1.55 bits per heavy atom. The van der Waals surface area contributed by atoms with Crippen molar-refractivity contribution >= 4 is 17.8 Å². The molecule has 0 spiro atoms. The Morgan fingerprint density at radius 3 is 2.09 bits per heavy atom. The molecule has 10 nitrogen and oxygen atoms in total. The number of likely N-dealkylation sites (tertiary alicyclic amines) is 1. The van der Waals surface area contributed by atoms with Crippen LogP contribution in [-0.2, 0) is 36.8 Å². The van der Waals surface area contributed by atoms with E-state index in [-0.39, 0.29) is 42.3 Å². The molecule has 14 heteroatoms. The third kappa shape index (κ3) is 12.1. The van der Waals surface area contributed by atoms with E-state index in [1.165, 1.54) is 36.4 Å². The molecule has 2 heterocycles. The summed E-state index contributed by atoms with van der Waals surface area (Å²) >= 11 is 0. The fourth-order valence-electron chi connectivity index (χ4n) is 4.92. The van der Waals surface area contributed by atoms with Gasteiger partial charge in [-0.05, 0) is 61.6 Å². The first-order valence-corrected chi connectivity index (χ1v) is 14.1. The van der Waals surface area contributed by atoms with Gasteiger partial charge in [-0.15, -0.1) is 13.2 Å². The van der Waals surface area contributed by atoms with E-state index < -0.39 is 18.3 Å². The number of carboxylic acids is 2. The van der Waals surface area contributed by atoms with Gasteiger partial charge in [-0.1, -0.05) is 24.3 Å². The lowest BCUT2D eigenvalue weighted by Crippen LogP contribution is -2.48. The molecular weight excluding hydrogens is 592 g/mol. The maximum absolute atomic E-state index is 13.4. The summed E-state index contributed by atoms with van der Waals surface area (Å²) in [4.78, 5) is 35.8. The minimum absolute atomic E-state index is 0.00107. The van der Waals surface area contributed by atoms with Gasteiger partial charge in [-0.2, -0.15) is 0 Å². The number of rotatable bonds is 9. The molecule has 0 bridgehead atoms. The maximum Gasteiger partial charge on any atom is 0.573 e. The van der Waals surface area contributed by atoms with Crippen LogP contribution in [0.3, 0.4) is 0 Å². The summed E-state index contributed by atoms with van der Waals surface area (Å²) < 4.78 is 66.3. The van der Waals surface area contributed by atoms with Gasteiger partial charge in [0.25, 0.3) is 0 Å². The molecule has 0 aromatic heterocycles. The van der Waals surface area contributed by atoms with E-state index in [1.54, 1.807) is 12.1 Å². The Hall–Kier alpha value is -3.75. The summed E-state index contributed by atoms with van der Waals surface area (Å²) in [6, 6.07) is 11.4. The number of hydrogen-bond donors (Lipinski definition) is 2. The molecule has 44 heavy (non-hydrogen) atoms. The first-order valence-electron chi connectivity index (χ1n) is 14.1. The van der Waals surface area contributed by atoms with Gasteiger partial charge < -0.3 is 34.2 Å². The molecule has 2 aliphatic rings. The Kier molecular flexibility index (Phi) is 12.9. The Morgan fingerprint density at radius 1 is 0.955 bits per heavy atom. The predicted octanol–water partition coefficient (Wildman–Crippen LogP) is 4.46. The molecule has 1 unspecified atom stereocenters. The fourth-order valence-corrected chi connectivity index (χ4v) is 4.92. The number of carbonyl (C=O) groups is 3. The van der Waals surface area contributed by atoms with Crippen molar-refractivity contribution < 1.29 is 56.4 Å². The van der Waals surface area contributed by atoms with Crippen LogP contribution in [0.25, 0.3) is 0 Å². The Labute approximate surface area is 252 Å². The second-order valence-corrected chi connectivity index (χ2v) is 10.5. The first kappa shape index (κ1) is 34.7. The van der Waals surface area contributed by atoms with Gasteiger partial charge in [-0.3, -0.25) is 4.79 Å². The molecular formula is C30H36F4N2O8. The second kappa shape index (κ2) is 16.4. The van der Waals surface area contributed by atoms with Gasteiger partial charge in [0, 0.05) is 38.6 Å². The van der Waals surface area contributed by atoms with Gasteiger partial charge in [0.05, 0.1) is 19.1 Å². The van der Waals surface area contributed by atoms with Crippen molar-refractivity contribution in [1.82, 2.24) is 9.80 Å². The highest BCUT2D eigenvalue weighted by Gasteiger charge is 2.31. The van der Waals surface area contributed by atoms with Gasteiger partial charge in [0.1, 0.15) is 11.6 Å². The summed E-state index contributed by atoms with van der Waals surface area (Å²) in [6.45, 7) is 5.60. The average molecular weight is 629 g/mol. The number of carboxylic acid groups (broad SMARTS) is 2. The number of halogens is 4. The molecule has 242 valence electrons. The number of alkyl halides is 3. The van der Waals surface area contributed by atoms with Crippen LogP contribution < -0.4 is 4.74 Å². The number of benzene rings is 2. The lowest BCUT2D eigenvalue weighted by atomic mass is 10.0. The van der Waals surface area contributed by atoms with Crippen LogP contribution in [0.15, 0.2) is 48.5 Å². The quantitative estimate of drug-likeness (QED) is 0.306. The van der Waals surface area contributed by atoms with Crippen molar-refractivity contribution in [1.29, 1.82) is 0 Å². The number of piperidine rings is 1. The summed E-state index contributed by atoms with van der Waals surface area (Å²) in [5.41, 5.74) is 1.41. The normalized spacial score (nSPS) is 19.4. The molecule has 0 saturated carbocycles. The van der Waals surface area contributed by atoms with Gasteiger partial charge >= 0.3 is 18.3 Å². The zero-order valence-electron chi connectivity index (χ0n) is 24.2.